The van der Waals surface area contributed by atoms with Gasteiger partial charge in [0.05, 0.1) is 11.8 Å². The number of rotatable bonds is 4. The van der Waals surface area contributed by atoms with Crippen LogP contribution in [0.25, 0.3) is 0 Å². The Morgan fingerprint density at radius 3 is 2.50 bits per heavy atom. The Kier molecular flexibility index (Phi) is 5.21. The minimum atomic E-state index is -3.34. The molecule has 26 heavy (non-hydrogen) atoms. The largest absolute Gasteiger partial charge is 0.218 e. The number of allylic oxidation sites excluding steroid dienone is 1. The average molecular weight is 479 g/mol. The van der Waals surface area contributed by atoms with Crippen LogP contribution in [0.1, 0.15) is 36.3 Å². The highest BCUT2D eigenvalue weighted by atomic mass is 127. The number of benzene rings is 2. The molecule has 0 spiro atoms. The van der Waals surface area contributed by atoms with Crippen molar-refractivity contribution in [1.82, 2.24) is 4.31 Å². The van der Waals surface area contributed by atoms with E-state index in [0.29, 0.717) is 6.54 Å². The van der Waals surface area contributed by atoms with E-state index in [1.165, 1.54) is 14.7 Å². The fraction of sp³-hybridized carbons (Fsp3) is 0.333. The first-order chi connectivity index (χ1) is 12.5. The third-order valence-electron chi connectivity index (χ3n) is 5.42. The van der Waals surface area contributed by atoms with Crippen LogP contribution in [0.3, 0.4) is 0 Å². The van der Waals surface area contributed by atoms with Crippen molar-refractivity contribution in [3.05, 3.63) is 80.9 Å². The number of hydrogen-bond donors (Lipinski definition) is 0. The molecule has 136 valence electrons. The second-order valence-corrected chi connectivity index (χ2v) is 10.2. The summed E-state index contributed by atoms with van der Waals surface area (Å²) in [6, 6.07) is 18.0. The molecule has 1 saturated heterocycles. The van der Waals surface area contributed by atoms with Gasteiger partial charge in [-0.15, -0.1) is 0 Å². The normalized spacial score (nSPS) is 23.5. The van der Waals surface area contributed by atoms with Crippen molar-refractivity contribution in [1.29, 1.82) is 0 Å². The van der Waals surface area contributed by atoms with Gasteiger partial charge in [-0.3, -0.25) is 0 Å². The average Bonchev–Trinajstić information content (AvgIpc) is 3.08. The molecule has 3 nitrogen and oxygen atoms in total. The van der Waals surface area contributed by atoms with Gasteiger partial charge >= 0.3 is 0 Å². The molecule has 0 amide bonds. The molecule has 2 aromatic rings. The molecule has 0 radical (unpaired) electrons. The fourth-order valence-electron chi connectivity index (χ4n) is 4.24. The quantitative estimate of drug-likeness (QED) is 0.471. The molecule has 0 aromatic heterocycles. The number of hydrogen-bond acceptors (Lipinski definition) is 2. The van der Waals surface area contributed by atoms with Gasteiger partial charge in [-0.1, -0.05) is 54.1 Å². The van der Waals surface area contributed by atoms with Crippen molar-refractivity contribution in [2.45, 2.75) is 37.0 Å². The maximum atomic E-state index is 13.2. The highest BCUT2D eigenvalue weighted by molar-refractivity contribution is 14.1. The Morgan fingerprint density at radius 2 is 1.77 bits per heavy atom. The lowest BCUT2D eigenvalue weighted by Crippen LogP contribution is -2.41. The Hall–Kier alpha value is -1.18. The van der Waals surface area contributed by atoms with E-state index in [-0.39, 0.29) is 17.7 Å². The zero-order chi connectivity index (χ0) is 18.1. The monoisotopic (exact) mass is 479 g/mol. The first kappa shape index (κ1) is 18.2. The van der Waals surface area contributed by atoms with E-state index >= 15 is 0 Å². The van der Waals surface area contributed by atoms with E-state index in [1.807, 2.05) is 30.3 Å². The van der Waals surface area contributed by atoms with Gasteiger partial charge in [-0.05, 0) is 65.1 Å². The zero-order valence-electron chi connectivity index (χ0n) is 14.5. The fourth-order valence-corrected chi connectivity index (χ4v) is 6.38. The topological polar surface area (TPSA) is 37.4 Å². The summed E-state index contributed by atoms with van der Waals surface area (Å²) in [6.07, 6.45) is 5.17. The van der Waals surface area contributed by atoms with Crippen molar-refractivity contribution in [2.24, 2.45) is 0 Å². The molecule has 1 aliphatic carbocycles. The summed E-state index contributed by atoms with van der Waals surface area (Å²) >= 11 is 2.31. The Labute approximate surface area is 169 Å². The van der Waals surface area contributed by atoms with Crippen LogP contribution in [0.4, 0.5) is 0 Å². The van der Waals surface area contributed by atoms with Gasteiger partial charge < -0.3 is 0 Å². The second-order valence-electron chi connectivity index (χ2n) is 7.06. The summed E-state index contributed by atoms with van der Waals surface area (Å²) in [6.45, 7) is 0.604. The van der Waals surface area contributed by atoms with E-state index in [9.17, 15) is 8.42 Å². The van der Waals surface area contributed by atoms with Crippen LogP contribution < -0.4 is 0 Å². The predicted octanol–water partition coefficient (Wildman–Crippen LogP) is 4.70. The Balaban J connectivity index is 1.65. The molecule has 2 aliphatic rings. The van der Waals surface area contributed by atoms with Crippen LogP contribution in [0.5, 0.6) is 0 Å². The summed E-state index contributed by atoms with van der Waals surface area (Å²) in [5.74, 6) is 0.330. The van der Waals surface area contributed by atoms with Gasteiger partial charge in [0, 0.05) is 16.0 Å². The van der Waals surface area contributed by atoms with Crippen molar-refractivity contribution >= 4 is 32.6 Å². The number of sulfonamides is 1. The predicted molar refractivity (Wildman–Crippen MR) is 113 cm³/mol. The van der Waals surface area contributed by atoms with Crippen molar-refractivity contribution in [3.63, 3.8) is 0 Å². The zero-order valence-corrected chi connectivity index (χ0v) is 17.5. The highest BCUT2D eigenvalue weighted by Gasteiger charge is 2.43. The summed E-state index contributed by atoms with van der Waals surface area (Å²) < 4.78 is 29.3. The maximum Gasteiger partial charge on any atom is 0.218 e. The minimum absolute atomic E-state index is 0.0162. The molecule has 0 unspecified atom stereocenters. The molecule has 4 rings (SSSR count). The second kappa shape index (κ2) is 7.44. The van der Waals surface area contributed by atoms with E-state index in [4.69, 9.17) is 0 Å². The number of fused-ring (bicyclic) bond motifs is 1. The summed E-state index contributed by atoms with van der Waals surface area (Å²) in [7, 11) is -3.34. The van der Waals surface area contributed by atoms with Crippen LogP contribution in [0.2, 0.25) is 0 Å². The molecule has 2 atom stereocenters. The van der Waals surface area contributed by atoms with Crippen LogP contribution in [-0.2, 0) is 15.8 Å². The van der Waals surface area contributed by atoms with Gasteiger partial charge in [0.2, 0.25) is 10.0 Å². The Morgan fingerprint density at radius 1 is 1.04 bits per heavy atom. The lowest BCUT2D eigenvalue weighted by Gasteiger charge is -2.34. The van der Waals surface area contributed by atoms with Gasteiger partial charge in [-0.25, -0.2) is 8.42 Å². The highest BCUT2D eigenvalue weighted by Crippen LogP contribution is 2.43. The molecule has 2 aromatic carbocycles. The van der Waals surface area contributed by atoms with E-state index in [1.54, 1.807) is 4.31 Å². The van der Waals surface area contributed by atoms with Crippen molar-refractivity contribution in [2.75, 3.05) is 6.54 Å². The molecule has 0 saturated carbocycles. The van der Waals surface area contributed by atoms with Gasteiger partial charge in [0.15, 0.2) is 0 Å². The standard InChI is InChI=1S/C21H22INO2S/c22-19-11-9-17(10-12-19)20-8-4-7-18-13-14-23(21(18)20)26(24,25)15-16-5-2-1-3-6-16/h1-3,5-7,9-12,20-21H,4,8,13-15H2/t20-,21+/m0/s1. The van der Waals surface area contributed by atoms with Crippen LogP contribution >= 0.6 is 22.6 Å². The van der Waals surface area contributed by atoms with Gasteiger partial charge in [0.1, 0.15) is 0 Å². The third kappa shape index (κ3) is 3.62. The lowest BCUT2D eigenvalue weighted by molar-refractivity contribution is 0.345. The van der Waals surface area contributed by atoms with Crippen molar-refractivity contribution in [3.8, 4) is 0 Å². The first-order valence-electron chi connectivity index (χ1n) is 9.02. The van der Waals surface area contributed by atoms with Crippen LogP contribution in [-0.4, -0.2) is 25.3 Å². The smallest absolute Gasteiger partial charge is 0.212 e. The van der Waals surface area contributed by atoms with Crippen LogP contribution in [0.15, 0.2) is 66.2 Å². The van der Waals surface area contributed by atoms with Crippen LogP contribution in [0, 0.1) is 3.57 Å². The van der Waals surface area contributed by atoms with Gasteiger partial charge in [-0.2, -0.15) is 4.31 Å². The third-order valence-corrected chi connectivity index (χ3v) is 7.97. The SMILES string of the molecule is O=S(=O)(Cc1ccccc1)N1CCC2=CCC[C@@H](c3ccc(I)cc3)[C@@H]21. The molecule has 1 fully saturated rings. The molecule has 0 bridgehead atoms. The summed E-state index contributed by atoms with van der Waals surface area (Å²) in [5, 5.41) is 0. The van der Waals surface area contributed by atoms with E-state index < -0.39 is 10.0 Å². The van der Waals surface area contributed by atoms with Crippen molar-refractivity contribution < 1.29 is 8.42 Å². The molecule has 1 heterocycles. The Bertz CT molecular complexity index is 907. The summed E-state index contributed by atoms with van der Waals surface area (Å²) in [5.41, 5.74) is 3.41. The molecule has 5 heteroatoms. The number of halogens is 1. The maximum absolute atomic E-state index is 13.2. The lowest BCUT2D eigenvalue weighted by atomic mass is 9.80. The van der Waals surface area contributed by atoms with Gasteiger partial charge in [0.25, 0.3) is 0 Å². The van der Waals surface area contributed by atoms with E-state index in [2.05, 4.69) is 52.9 Å². The minimum Gasteiger partial charge on any atom is -0.212 e. The molecular formula is C21H22INO2S. The molecular weight excluding hydrogens is 457 g/mol. The molecule has 1 aliphatic heterocycles. The number of nitrogens with zero attached hydrogens (tertiary/aromatic N) is 1. The first-order valence-corrected chi connectivity index (χ1v) is 11.7. The summed E-state index contributed by atoms with van der Waals surface area (Å²) in [4.78, 5) is 0. The van der Waals surface area contributed by atoms with E-state index in [0.717, 1.165) is 24.8 Å². The molecule has 0 N–H and O–H groups in total.